The number of imidazole rings is 1. The van der Waals surface area contributed by atoms with Crippen LogP contribution in [0.5, 0.6) is 0 Å². The number of benzene rings is 2. The number of hydrogen-bond donors (Lipinski definition) is 0. The van der Waals surface area contributed by atoms with Gasteiger partial charge in [-0.15, -0.1) is 0 Å². The number of imide groups is 1. The van der Waals surface area contributed by atoms with Gasteiger partial charge >= 0.3 is 12.0 Å². The van der Waals surface area contributed by atoms with Crippen molar-refractivity contribution in [1.82, 2.24) is 19.4 Å². The molecule has 2 heterocycles. The molecule has 0 atom stereocenters. The summed E-state index contributed by atoms with van der Waals surface area (Å²) in [6, 6.07) is 16.3. The number of carbonyl (C=O) groups excluding carboxylic acids is 3. The lowest BCUT2D eigenvalue weighted by atomic mass is 10.1. The molecule has 3 aromatic rings. The zero-order chi connectivity index (χ0) is 27.1. The van der Waals surface area contributed by atoms with Crippen LogP contribution in [0.4, 0.5) is 4.79 Å². The van der Waals surface area contributed by atoms with Gasteiger partial charge in [0.1, 0.15) is 18.3 Å². The van der Waals surface area contributed by atoms with Crippen molar-refractivity contribution in [3.8, 4) is 0 Å². The molecule has 0 spiro atoms. The van der Waals surface area contributed by atoms with Crippen LogP contribution in [-0.2, 0) is 33.8 Å². The Morgan fingerprint density at radius 2 is 1.66 bits per heavy atom. The number of aryl methyl sites for hydroxylation is 1. The predicted octanol–water partition coefficient (Wildman–Crippen LogP) is 4.47. The highest BCUT2D eigenvalue weighted by atomic mass is 16.5. The molecule has 38 heavy (non-hydrogen) atoms. The minimum absolute atomic E-state index is 0.131. The summed E-state index contributed by atoms with van der Waals surface area (Å²) in [4.78, 5) is 45.6. The van der Waals surface area contributed by atoms with Crippen molar-refractivity contribution in [2.45, 2.75) is 39.3 Å². The number of hydrogen-bond acceptors (Lipinski definition) is 6. The molecule has 9 nitrogen and oxygen atoms in total. The van der Waals surface area contributed by atoms with Crippen molar-refractivity contribution in [1.29, 1.82) is 0 Å². The van der Waals surface area contributed by atoms with E-state index in [1.165, 1.54) is 19.1 Å². The molecule has 0 radical (unpaired) electrons. The fraction of sp³-hybridized carbons (Fsp3) is 0.310. The molecule has 3 amide bonds. The van der Waals surface area contributed by atoms with E-state index in [-0.39, 0.29) is 19.0 Å². The van der Waals surface area contributed by atoms with E-state index in [2.05, 4.69) is 11.9 Å². The first-order valence-corrected chi connectivity index (χ1v) is 12.6. The molecule has 1 aliphatic heterocycles. The average Bonchev–Trinajstić information content (AvgIpc) is 3.41. The minimum Gasteiger partial charge on any atom is -0.465 e. The van der Waals surface area contributed by atoms with Gasteiger partial charge < -0.3 is 14.0 Å². The van der Waals surface area contributed by atoms with Gasteiger partial charge in [0, 0.05) is 20.1 Å². The van der Waals surface area contributed by atoms with Gasteiger partial charge in [0.05, 0.1) is 31.1 Å². The zero-order valence-electron chi connectivity index (χ0n) is 21.9. The molecule has 1 aliphatic rings. The van der Waals surface area contributed by atoms with Gasteiger partial charge in [-0.05, 0) is 35.8 Å². The fourth-order valence-electron chi connectivity index (χ4n) is 4.34. The maximum Gasteiger partial charge on any atom is 0.337 e. The zero-order valence-corrected chi connectivity index (χ0v) is 21.9. The summed E-state index contributed by atoms with van der Waals surface area (Å²) >= 11 is 0. The Bertz CT molecular complexity index is 1310. The van der Waals surface area contributed by atoms with Gasteiger partial charge in [0.15, 0.2) is 0 Å². The number of urea groups is 1. The van der Waals surface area contributed by atoms with Crippen molar-refractivity contribution < 1.29 is 23.9 Å². The molecular formula is C29H32N4O5. The summed E-state index contributed by atoms with van der Waals surface area (Å²) in [6.45, 7) is 2.73. The quantitative estimate of drug-likeness (QED) is 0.212. The molecule has 0 bridgehead atoms. The van der Waals surface area contributed by atoms with E-state index in [0.717, 1.165) is 41.1 Å². The predicted molar refractivity (Wildman–Crippen MR) is 142 cm³/mol. The van der Waals surface area contributed by atoms with E-state index in [4.69, 9.17) is 9.47 Å². The maximum atomic E-state index is 13.3. The number of nitrogens with zero attached hydrogens (tertiary/aromatic N) is 4. The number of amides is 3. The van der Waals surface area contributed by atoms with Crippen LogP contribution in [0.1, 0.15) is 52.8 Å². The van der Waals surface area contributed by atoms with Crippen molar-refractivity contribution in [2.75, 3.05) is 21.0 Å². The van der Waals surface area contributed by atoms with Gasteiger partial charge in [-0.25, -0.2) is 19.5 Å². The first-order valence-electron chi connectivity index (χ1n) is 12.6. The lowest BCUT2D eigenvalue weighted by Gasteiger charge is -2.17. The van der Waals surface area contributed by atoms with Crippen molar-refractivity contribution >= 4 is 24.0 Å². The number of esters is 1. The summed E-state index contributed by atoms with van der Waals surface area (Å²) < 4.78 is 12.0. The van der Waals surface area contributed by atoms with Crippen molar-refractivity contribution in [2.24, 2.45) is 0 Å². The smallest absolute Gasteiger partial charge is 0.337 e. The molecule has 1 aromatic heterocycles. The van der Waals surface area contributed by atoms with Crippen LogP contribution in [0.2, 0.25) is 0 Å². The second-order valence-electron chi connectivity index (χ2n) is 9.01. The summed E-state index contributed by atoms with van der Waals surface area (Å²) in [5, 5.41) is 0. The number of rotatable bonds is 11. The summed E-state index contributed by atoms with van der Waals surface area (Å²) in [7, 11) is 2.80. The minimum atomic E-state index is -0.428. The molecule has 0 unspecified atom stereocenters. The topological polar surface area (TPSA) is 94.0 Å². The molecule has 2 aromatic carbocycles. The summed E-state index contributed by atoms with van der Waals surface area (Å²) in [5.74, 6) is 0.0747. The van der Waals surface area contributed by atoms with E-state index in [0.29, 0.717) is 17.8 Å². The Balaban J connectivity index is 1.71. The molecular weight excluding hydrogens is 484 g/mol. The average molecular weight is 517 g/mol. The largest absolute Gasteiger partial charge is 0.465 e. The fourth-order valence-corrected chi connectivity index (χ4v) is 4.34. The van der Waals surface area contributed by atoms with E-state index in [1.54, 1.807) is 24.4 Å². The Morgan fingerprint density at radius 3 is 2.32 bits per heavy atom. The number of unbranched alkanes of at least 4 members (excludes halogenated alkanes) is 1. The van der Waals surface area contributed by atoms with E-state index >= 15 is 0 Å². The third kappa shape index (κ3) is 5.84. The van der Waals surface area contributed by atoms with Gasteiger partial charge in [0.2, 0.25) is 0 Å². The Kier molecular flexibility index (Phi) is 8.70. The molecule has 0 N–H and O–H groups in total. The molecule has 1 saturated heterocycles. The molecule has 0 saturated carbocycles. The highest BCUT2D eigenvalue weighted by molar-refractivity contribution is 6.13. The van der Waals surface area contributed by atoms with Crippen LogP contribution in [0.15, 0.2) is 66.5 Å². The molecule has 1 fully saturated rings. The van der Waals surface area contributed by atoms with Crippen LogP contribution < -0.4 is 0 Å². The van der Waals surface area contributed by atoms with E-state index < -0.39 is 17.9 Å². The number of methoxy groups -OCH3 is 2. The van der Waals surface area contributed by atoms with Crippen molar-refractivity contribution in [3.05, 3.63) is 94.7 Å². The normalized spacial score (nSPS) is 14.6. The lowest BCUT2D eigenvalue weighted by Crippen LogP contribution is -2.34. The molecule has 9 heteroatoms. The van der Waals surface area contributed by atoms with Gasteiger partial charge in [-0.2, -0.15) is 0 Å². The van der Waals surface area contributed by atoms with Gasteiger partial charge in [-0.1, -0.05) is 55.8 Å². The van der Waals surface area contributed by atoms with Crippen LogP contribution in [0.25, 0.3) is 6.08 Å². The Morgan fingerprint density at radius 1 is 0.947 bits per heavy atom. The van der Waals surface area contributed by atoms with Crippen LogP contribution in [0, 0.1) is 0 Å². The van der Waals surface area contributed by atoms with E-state index in [9.17, 15) is 14.4 Å². The number of ether oxygens (including phenoxy) is 2. The molecule has 198 valence electrons. The SMILES string of the molecule is CCCCc1ncc(C=C2C(=O)N(COC)C(=O)N2Cc2ccccc2)n1Cc1ccc(C(=O)OC)cc1. The van der Waals surface area contributed by atoms with E-state index in [1.807, 2.05) is 47.0 Å². The van der Waals surface area contributed by atoms with Crippen LogP contribution in [0.3, 0.4) is 0 Å². The second kappa shape index (κ2) is 12.3. The Hall–Kier alpha value is -4.24. The van der Waals surface area contributed by atoms with Gasteiger partial charge in [0.25, 0.3) is 5.91 Å². The third-order valence-electron chi connectivity index (χ3n) is 6.38. The molecule has 4 rings (SSSR count). The second-order valence-corrected chi connectivity index (χ2v) is 9.01. The van der Waals surface area contributed by atoms with Gasteiger partial charge in [-0.3, -0.25) is 9.69 Å². The summed E-state index contributed by atoms with van der Waals surface area (Å²) in [6.07, 6.45) is 6.22. The molecule has 0 aliphatic carbocycles. The van der Waals surface area contributed by atoms with Crippen LogP contribution in [-0.4, -0.2) is 58.2 Å². The Labute approximate surface area is 222 Å². The summed E-state index contributed by atoms with van der Waals surface area (Å²) in [5.41, 5.74) is 3.31. The monoisotopic (exact) mass is 516 g/mol. The standard InChI is InChI=1S/C29H32N4O5/c1-4-5-11-26-30-17-24(31(26)18-22-12-14-23(15-13-22)28(35)38-3)16-25-27(34)33(20-37-2)29(36)32(25)19-21-9-7-6-8-10-21/h6-10,12-17H,4-5,11,18-20H2,1-3H3. The number of carbonyl (C=O) groups is 3. The highest BCUT2D eigenvalue weighted by Crippen LogP contribution is 2.27. The first kappa shape index (κ1) is 26.8. The van der Waals surface area contributed by atoms with Crippen LogP contribution >= 0.6 is 0 Å². The number of aromatic nitrogens is 2. The highest BCUT2D eigenvalue weighted by Gasteiger charge is 2.41. The lowest BCUT2D eigenvalue weighted by molar-refractivity contribution is -0.126. The third-order valence-corrected chi connectivity index (χ3v) is 6.38. The first-order chi connectivity index (χ1) is 18.5. The van der Waals surface area contributed by atoms with Crippen molar-refractivity contribution in [3.63, 3.8) is 0 Å². The maximum absolute atomic E-state index is 13.3.